The maximum absolute atomic E-state index is 16.3. The zero-order valence-electron chi connectivity index (χ0n) is 22.3. The maximum atomic E-state index is 16.3. The Labute approximate surface area is 236 Å². The van der Waals surface area contributed by atoms with Crippen LogP contribution in [-0.2, 0) is 30.3 Å². The lowest BCUT2D eigenvalue weighted by molar-refractivity contribution is -0.158. The number of ketones is 1. The molecule has 3 amide bonds. The zero-order chi connectivity index (χ0) is 28.6. The van der Waals surface area contributed by atoms with Crippen LogP contribution in [0.2, 0.25) is 0 Å². The number of Topliss-reactive ketones (excluding diaryl/α,β-unsaturated/α-hetero) is 1. The molecule has 4 aliphatic rings. The van der Waals surface area contributed by atoms with Gasteiger partial charge in [-0.2, -0.15) is 0 Å². The number of piperidine rings is 1. The number of ether oxygens (including phenoxy) is 2. The fourth-order valence-corrected chi connectivity index (χ4v) is 7.50. The van der Waals surface area contributed by atoms with E-state index >= 15 is 4.39 Å². The van der Waals surface area contributed by atoms with Gasteiger partial charge in [0.15, 0.2) is 17.3 Å². The van der Waals surface area contributed by atoms with Crippen molar-refractivity contribution in [3.63, 3.8) is 0 Å². The molecule has 1 N–H and O–H groups in total. The number of rotatable bonds is 2. The molecule has 41 heavy (non-hydrogen) atoms. The van der Waals surface area contributed by atoms with Gasteiger partial charge in [0.25, 0.3) is 5.91 Å². The van der Waals surface area contributed by atoms with E-state index in [-0.39, 0.29) is 47.6 Å². The van der Waals surface area contributed by atoms with E-state index < -0.39 is 47.4 Å². The van der Waals surface area contributed by atoms with Crippen LogP contribution in [0.3, 0.4) is 0 Å². The third-order valence-electron chi connectivity index (χ3n) is 8.40. The molecular weight excluding hydrogens is 557 g/mol. The van der Waals surface area contributed by atoms with E-state index in [0.29, 0.717) is 42.3 Å². The van der Waals surface area contributed by atoms with Crippen molar-refractivity contribution in [1.29, 1.82) is 0 Å². The first kappa shape index (κ1) is 26.2. The first-order valence-electron chi connectivity index (χ1n) is 13.4. The number of nitrogens with zero attached hydrogens (tertiary/aromatic N) is 4. The number of hydrogen-bond acceptors (Lipinski definition) is 11. The molecule has 3 saturated heterocycles. The van der Waals surface area contributed by atoms with Gasteiger partial charge in [-0.3, -0.25) is 24.5 Å². The Balaban J connectivity index is 1.34. The number of carbonyl (C=O) groups excluding carboxylic acids is 4. The fraction of sp³-hybridized carbons (Fsp3) is 0.481. The first-order valence-corrected chi connectivity index (χ1v) is 14.3. The number of amides is 3. The molecule has 2 aromatic heterocycles. The summed E-state index contributed by atoms with van der Waals surface area (Å²) in [5, 5.41) is 8.75. The smallest absolute Gasteiger partial charge is 0.273 e. The fourth-order valence-electron chi connectivity index (χ4n) is 6.71. The van der Waals surface area contributed by atoms with Crippen LogP contribution in [0.5, 0.6) is 0 Å². The molecule has 4 aliphatic heterocycles. The molecule has 12 nitrogen and oxygen atoms in total. The number of halogens is 1. The second-order valence-corrected chi connectivity index (χ2v) is 11.8. The lowest BCUT2D eigenvalue weighted by Gasteiger charge is -2.55. The molecule has 0 radical (unpaired) electrons. The highest BCUT2D eigenvalue weighted by atomic mass is 32.1. The average Bonchev–Trinajstić information content (AvgIpc) is 3.59. The predicted molar refractivity (Wildman–Crippen MR) is 142 cm³/mol. The largest absolute Gasteiger partial charge is 0.378 e. The van der Waals surface area contributed by atoms with E-state index in [4.69, 9.17) is 14.0 Å². The summed E-state index contributed by atoms with van der Waals surface area (Å²) in [6.07, 6.45) is -1.49. The lowest BCUT2D eigenvalue weighted by atomic mass is 9.63. The van der Waals surface area contributed by atoms with Gasteiger partial charge in [0, 0.05) is 25.0 Å². The van der Waals surface area contributed by atoms with E-state index in [0.717, 1.165) is 0 Å². The van der Waals surface area contributed by atoms with Crippen LogP contribution < -0.4 is 10.2 Å². The van der Waals surface area contributed by atoms with E-state index in [1.165, 1.54) is 11.3 Å². The number of aromatic nitrogens is 2. The van der Waals surface area contributed by atoms with Crippen LogP contribution in [0.1, 0.15) is 36.3 Å². The van der Waals surface area contributed by atoms with Crippen molar-refractivity contribution in [2.24, 2.45) is 5.41 Å². The number of fused-ring (bicyclic) bond motifs is 5. The molecule has 6 heterocycles. The van der Waals surface area contributed by atoms with Crippen LogP contribution in [0.4, 0.5) is 10.1 Å². The monoisotopic (exact) mass is 583 g/mol. The second kappa shape index (κ2) is 9.39. The van der Waals surface area contributed by atoms with Gasteiger partial charge in [0.2, 0.25) is 17.4 Å². The Morgan fingerprint density at radius 3 is 2.76 bits per heavy atom. The summed E-state index contributed by atoms with van der Waals surface area (Å²) in [6, 6.07) is 0.846. The van der Waals surface area contributed by atoms with Crippen LogP contribution >= 0.6 is 11.3 Å². The maximum Gasteiger partial charge on any atom is 0.273 e. The number of anilines is 1. The molecule has 14 heteroatoms. The quantitative estimate of drug-likeness (QED) is 0.350. The van der Waals surface area contributed by atoms with Gasteiger partial charge in [-0.1, -0.05) is 5.16 Å². The van der Waals surface area contributed by atoms with E-state index in [9.17, 15) is 19.2 Å². The number of benzene rings is 1. The Hall–Kier alpha value is -3.75. The van der Waals surface area contributed by atoms with Gasteiger partial charge in [-0.25, -0.2) is 9.37 Å². The van der Waals surface area contributed by atoms with Crippen molar-refractivity contribution in [3.05, 3.63) is 28.5 Å². The number of hydrogen-bond donors (Lipinski definition) is 1. The number of morpholine rings is 2. The Bertz CT molecular complexity index is 1610. The topological polar surface area (TPSA) is 144 Å². The molecular formula is C27H26FN5O7S. The minimum atomic E-state index is -1.64. The van der Waals surface area contributed by atoms with Gasteiger partial charge in [-0.05, 0) is 31.9 Å². The first-order chi connectivity index (χ1) is 19.7. The SMILES string of the molecule is C[C@@H]1CN2c3c(cc4c(-c5nc(C(=O)N6CCOCC6)cs5)noc4c3F)CC3(C(=O)CC(=O)NC3=O)[C@H]2[C@H](C)O1. The number of thiazole rings is 1. The van der Waals surface area contributed by atoms with Gasteiger partial charge in [0.05, 0.1) is 49.0 Å². The van der Waals surface area contributed by atoms with E-state index in [1.54, 1.807) is 28.2 Å². The summed E-state index contributed by atoms with van der Waals surface area (Å²) in [5.74, 6) is -2.78. The van der Waals surface area contributed by atoms with Crippen molar-refractivity contribution in [2.75, 3.05) is 37.7 Å². The van der Waals surface area contributed by atoms with E-state index in [1.807, 2.05) is 6.92 Å². The zero-order valence-corrected chi connectivity index (χ0v) is 23.1. The third kappa shape index (κ3) is 3.84. The molecule has 214 valence electrons. The highest BCUT2D eigenvalue weighted by Gasteiger charge is 2.62. The summed E-state index contributed by atoms with van der Waals surface area (Å²) in [6.45, 7) is 5.66. The molecule has 1 unspecified atom stereocenters. The highest BCUT2D eigenvalue weighted by Crippen LogP contribution is 2.50. The van der Waals surface area contributed by atoms with Gasteiger partial charge >= 0.3 is 0 Å². The number of nitrogens with one attached hydrogen (secondary N) is 1. The van der Waals surface area contributed by atoms with Crippen molar-refractivity contribution in [3.8, 4) is 10.7 Å². The van der Waals surface area contributed by atoms with Crippen molar-refractivity contribution in [2.45, 2.75) is 44.9 Å². The predicted octanol–water partition coefficient (Wildman–Crippen LogP) is 1.70. The normalized spacial score (nSPS) is 28.2. The molecule has 0 aliphatic carbocycles. The van der Waals surface area contributed by atoms with Gasteiger partial charge in [0.1, 0.15) is 16.1 Å². The van der Waals surface area contributed by atoms with Gasteiger partial charge < -0.3 is 23.8 Å². The lowest BCUT2D eigenvalue weighted by Crippen LogP contribution is -2.72. The van der Waals surface area contributed by atoms with Crippen molar-refractivity contribution < 1.29 is 37.6 Å². The molecule has 0 bridgehead atoms. The molecule has 7 rings (SSSR count). The van der Waals surface area contributed by atoms with E-state index in [2.05, 4.69) is 15.5 Å². The van der Waals surface area contributed by atoms with Crippen LogP contribution in [0.25, 0.3) is 21.7 Å². The number of imide groups is 1. The Kier molecular flexibility index (Phi) is 5.99. The van der Waals surface area contributed by atoms with Crippen LogP contribution in [-0.4, -0.2) is 89.6 Å². The average molecular weight is 584 g/mol. The summed E-state index contributed by atoms with van der Waals surface area (Å²) in [5.41, 5.74) is -0.604. The Morgan fingerprint density at radius 1 is 1.22 bits per heavy atom. The summed E-state index contributed by atoms with van der Waals surface area (Å²) in [4.78, 5) is 59.9. The van der Waals surface area contributed by atoms with Crippen molar-refractivity contribution >= 4 is 51.5 Å². The minimum absolute atomic E-state index is 0.0916. The molecule has 0 saturated carbocycles. The third-order valence-corrected chi connectivity index (χ3v) is 9.25. The molecule has 1 aromatic carbocycles. The molecule has 1 spiro atoms. The number of carbonyl (C=O) groups is 4. The molecule has 3 fully saturated rings. The van der Waals surface area contributed by atoms with Gasteiger partial charge in [-0.15, -0.1) is 11.3 Å². The summed E-state index contributed by atoms with van der Waals surface area (Å²) in [7, 11) is 0. The summed E-state index contributed by atoms with van der Waals surface area (Å²) >= 11 is 1.18. The minimum Gasteiger partial charge on any atom is -0.378 e. The molecule has 4 atom stereocenters. The van der Waals surface area contributed by atoms with Crippen LogP contribution in [0, 0.1) is 11.2 Å². The Morgan fingerprint density at radius 2 is 2.00 bits per heavy atom. The highest BCUT2D eigenvalue weighted by molar-refractivity contribution is 7.13. The molecule has 3 aromatic rings. The standard InChI is InChI=1S/C27H26FN5O7S/c1-12-10-33-21-14(9-27(23(33)13(2)39-12)17(34)8-18(35)30-26(27)37)7-15-20(31-40-22(15)19(21)28)24-29-16(11-41-24)25(36)32-3-5-38-6-4-32/h7,11-13,23H,3-6,8-10H2,1-2H3,(H,30,35,37)/t12-,13+,23-,27?/m1/s1. The summed E-state index contributed by atoms with van der Waals surface area (Å²) < 4.78 is 33.2. The van der Waals surface area contributed by atoms with Crippen LogP contribution in [0.15, 0.2) is 16.0 Å². The second-order valence-electron chi connectivity index (χ2n) is 10.9. The van der Waals surface area contributed by atoms with Crippen molar-refractivity contribution in [1.82, 2.24) is 20.4 Å².